The van der Waals surface area contributed by atoms with Gasteiger partial charge in [0.2, 0.25) is 0 Å². The Morgan fingerprint density at radius 2 is 1.94 bits per heavy atom. The summed E-state index contributed by atoms with van der Waals surface area (Å²) in [5.74, 6) is 1.68. The van der Waals surface area contributed by atoms with Crippen LogP contribution in [-0.2, 0) is 4.74 Å². The Bertz CT molecular complexity index is 408. The molecule has 1 saturated heterocycles. The van der Waals surface area contributed by atoms with Crippen LogP contribution in [0.3, 0.4) is 0 Å². The highest BCUT2D eigenvalue weighted by atomic mass is 16.6. The summed E-state index contributed by atoms with van der Waals surface area (Å²) in [4.78, 5) is 0. The van der Waals surface area contributed by atoms with Crippen LogP contribution in [0.15, 0.2) is 18.2 Å². The second-order valence-electron chi connectivity index (χ2n) is 4.41. The van der Waals surface area contributed by atoms with Crippen molar-refractivity contribution in [2.75, 3.05) is 26.4 Å². The molecule has 0 amide bonds. The molecule has 2 aliphatic rings. The van der Waals surface area contributed by atoms with Crippen molar-refractivity contribution in [3.63, 3.8) is 0 Å². The van der Waals surface area contributed by atoms with Crippen molar-refractivity contribution in [2.24, 2.45) is 0 Å². The summed E-state index contributed by atoms with van der Waals surface area (Å²) < 4.78 is 16.8. The van der Waals surface area contributed by atoms with Crippen LogP contribution >= 0.6 is 0 Å². The molecule has 0 spiro atoms. The number of hydrogen-bond donors (Lipinski definition) is 1. The summed E-state index contributed by atoms with van der Waals surface area (Å²) in [6.07, 6.45) is 0.186. The van der Waals surface area contributed by atoms with Crippen LogP contribution in [0, 0.1) is 0 Å². The van der Waals surface area contributed by atoms with Crippen LogP contribution in [0.2, 0.25) is 0 Å². The standard InChI is InChI=1S/C13H17NO3/c1-9-13(14-4-5-15-9)10-2-3-11-12(8-10)17-7-6-16-11/h2-3,8-9,13-14H,4-7H2,1H3. The molecule has 0 aliphatic carbocycles. The van der Waals surface area contributed by atoms with E-state index in [-0.39, 0.29) is 12.1 Å². The predicted molar refractivity (Wildman–Crippen MR) is 63.6 cm³/mol. The number of hydrogen-bond acceptors (Lipinski definition) is 4. The summed E-state index contributed by atoms with van der Waals surface area (Å²) in [5.41, 5.74) is 1.20. The highest BCUT2D eigenvalue weighted by molar-refractivity contribution is 5.44. The van der Waals surface area contributed by atoms with Crippen molar-refractivity contribution in [3.8, 4) is 11.5 Å². The quantitative estimate of drug-likeness (QED) is 0.801. The van der Waals surface area contributed by atoms with E-state index in [0.29, 0.717) is 13.2 Å². The lowest BCUT2D eigenvalue weighted by molar-refractivity contribution is 0.00744. The molecule has 0 saturated carbocycles. The maximum atomic E-state index is 5.65. The molecule has 4 nitrogen and oxygen atoms in total. The summed E-state index contributed by atoms with van der Waals surface area (Å²) in [7, 11) is 0. The molecule has 1 fully saturated rings. The van der Waals surface area contributed by atoms with Gasteiger partial charge in [-0.3, -0.25) is 0 Å². The highest BCUT2D eigenvalue weighted by Gasteiger charge is 2.24. The molecule has 2 heterocycles. The molecule has 1 N–H and O–H groups in total. The van der Waals surface area contributed by atoms with Crippen molar-refractivity contribution in [1.29, 1.82) is 0 Å². The average Bonchev–Trinajstić information content (AvgIpc) is 2.39. The Hall–Kier alpha value is -1.26. The van der Waals surface area contributed by atoms with E-state index in [1.807, 2.05) is 6.07 Å². The Morgan fingerprint density at radius 1 is 1.12 bits per heavy atom. The van der Waals surface area contributed by atoms with Gasteiger partial charge in [-0.15, -0.1) is 0 Å². The van der Waals surface area contributed by atoms with E-state index in [1.54, 1.807) is 0 Å². The molecule has 17 heavy (non-hydrogen) atoms. The maximum Gasteiger partial charge on any atom is 0.161 e. The molecule has 1 aromatic rings. The molecule has 0 aromatic heterocycles. The number of benzene rings is 1. The van der Waals surface area contributed by atoms with Gasteiger partial charge in [0.25, 0.3) is 0 Å². The summed E-state index contributed by atoms with van der Waals surface area (Å²) in [6, 6.07) is 6.35. The monoisotopic (exact) mass is 235 g/mol. The molecule has 2 unspecified atom stereocenters. The Morgan fingerprint density at radius 3 is 2.76 bits per heavy atom. The third-order valence-corrected chi connectivity index (χ3v) is 3.24. The van der Waals surface area contributed by atoms with Gasteiger partial charge in [-0.2, -0.15) is 0 Å². The Labute approximate surface area is 101 Å². The lowest BCUT2D eigenvalue weighted by atomic mass is 10.0. The second-order valence-corrected chi connectivity index (χ2v) is 4.41. The highest BCUT2D eigenvalue weighted by Crippen LogP contribution is 2.34. The van der Waals surface area contributed by atoms with E-state index < -0.39 is 0 Å². The third kappa shape index (κ3) is 2.10. The first kappa shape index (κ1) is 10.9. The van der Waals surface area contributed by atoms with Crippen LogP contribution in [0.1, 0.15) is 18.5 Å². The topological polar surface area (TPSA) is 39.7 Å². The van der Waals surface area contributed by atoms with Crippen molar-refractivity contribution in [2.45, 2.75) is 19.1 Å². The number of fused-ring (bicyclic) bond motifs is 1. The molecule has 3 rings (SSSR count). The van der Waals surface area contributed by atoms with Gasteiger partial charge in [0.1, 0.15) is 13.2 Å². The zero-order valence-electron chi connectivity index (χ0n) is 9.94. The minimum absolute atomic E-state index is 0.186. The van der Waals surface area contributed by atoms with E-state index in [1.165, 1.54) is 5.56 Å². The minimum atomic E-state index is 0.186. The van der Waals surface area contributed by atoms with Gasteiger partial charge in [-0.1, -0.05) is 6.07 Å². The lowest BCUT2D eigenvalue weighted by Gasteiger charge is -2.31. The second kappa shape index (κ2) is 4.55. The molecule has 2 atom stereocenters. The third-order valence-electron chi connectivity index (χ3n) is 3.24. The predicted octanol–water partition coefficient (Wildman–Crippen LogP) is 1.51. The number of ether oxygens (including phenoxy) is 3. The first-order valence-electron chi connectivity index (χ1n) is 6.09. The lowest BCUT2D eigenvalue weighted by Crippen LogP contribution is -2.40. The average molecular weight is 235 g/mol. The summed E-state index contributed by atoms with van der Waals surface area (Å²) >= 11 is 0. The van der Waals surface area contributed by atoms with Gasteiger partial charge in [-0.05, 0) is 24.6 Å². The first-order chi connectivity index (χ1) is 8.34. The van der Waals surface area contributed by atoms with Gasteiger partial charge >= 0.3 is 0 Å². The Balaban J connectivity index is 1.87. The largest absolute Gasteiger partial charge is 0.486 e. The zero-order valence-corrected chi connectivity index (χ0v) is 9.94. The smallest absolute Gasteiger partial charge is 0.161 e. The minimum Gasteiger partial charge on any atom is -0.486 e. The molecule has 92 valence electrons. The van der Waals surface area contributed by atoms with E-state index in [4.69, 9.17) is 14.2 Å². The van der Waals surface area contributed by atoms with Crippen molar-refractivity contribution < 1.29 is 14.2 Å². The summed E-state index contributed by atoms with van der Waals surface area (Å²) in [5, 5.41) is 3.47. The molecular weight excluding hydrogens is 218 g/mol. The van der Waals surface area contributed by atoms with Crippen molar-refractivity contribution >= 4 is 0 Å². The zero-order chi connectivity index (χ0) is 11.7. The number of rotatable bonds is 1. The Kier molecular flexibility index (Phi) is 2.91. The maximum absolute atomic E-state index is 5.65. The molecule has 0 bridgehead atoms. The van der Waals surface area contributed by atoms with Gasteiger partial charge < -0.3 is 19.5 Å². The van der Waals surface area contributed by atoms with Crippen LogP contribution in [0.4, 0.5) is 0 Å². The van der Waals surface area contributed by atoms with E-state index >= 15 is 0 Å². The van der Waals surface area contributed by atoms with Crippen LogP contribution in [-0.4, -0.2) is 32.5 Å². The molecule has 2 aliphatic heterocycles. The molecule has 0 radical (unpaired) electrons. The normalized spacial score (nSPS) is 27.8. The fraction of sp³-hybridized carbons (Fsp3) is 0.538. The van der Waals surface area contributed by atoms with E-state index in [2.05, 4.69) is 24.4 Å². The number of morpholine rings is 1. The molecule has 1 aromatic carbocycles. The first-order valence-corrected chi connectivity index (χ1v) is 6.09. The molecule has 4 heteroatoms. The summed E-state index contributed by atoms with van der Waals surface area (Å²) in [6.45, 7) is 5.02. The van der Waals surface area contributed by atoms with Gasteiger partial charge in [0.15, 0.2) is 11.5 Å². The van der Waals surface area contributed by atoms with Gasteiger partial charge in [0, 0.05) is 6.54 Å². The van der Waals surface area contributed by atoms with Gasteiger partial charge in [-0.25, -0.2) is 0 Å². The SMILES string of the molecule is CC1OCCNC1c1ccc2c(c1)OCCO2. The fourth-order valence-electron chi connectivity index (χ4n) is 2.36. The van der Waals surface area contributed by atoms with Crippen LogP contribution < -0.4 is 14.8 Å². The van der Waals surface area contributed by atoms with E-state index in [9.17, 15) is 0 Å². The number of nitrogens with one attached hydrogen (secondary N) is 1. The van der Waals surface area contributed by atoms with Crippen molar-refractivity contribution in [1.82, 2.24) is 5.32 Å². The molecular formula is C13H17NO3. The van der Waals surface area contributed by atoms with Gasteiger partial charge in [0.05, 0.1) is 18.8 Å². The van der Waals surface area contributed by atoms with Crippen LogP contribution in [0.5, 0.6) is 11.5 Å². The van der Waals surface area contributed by atoms with E-state index in [0.717, 1.165) is 24.7 Å². The van der Waals surface area contributed by atoms with Crippen molar-refractivity contribution in [3.05, 3.63) is 23.8 Å². The fourth-order valence-corrected chi connectivity index (χ4v) is 2.36. The van der Waals surface area contributed by atoms with Crippen LogP contribution in [0.25, 0.3) is 0 Å².